The van der Waals surface area contributed by atoms with Gasteiger partial charge in [0, 0.05) is 57.4 Å². The van der Waals surface area contributed by atoms with Crippen LogP contribution in [-0.4, -0.2) is 13.7 Å². The van der Waals surface area contributed by atoms with Gasteiger partial charge < -0.3 is 13.7 Å². The molecule has 1 aliphatic carbocycles. The second-order valence-corrected chi connectivity index (χ2v) is 11.4. The summed E-state index contributed by atoms with van der Waals surface area (Å²) in [4.78, 5) is 0. The average molecular weight is 584 g/mol. The number of allylic oxidation sites excluding steroid dienone is 13. The molecule has 3 aromatic heterocycles. The van der Waals surface area contributed by atoms with E-state index in [0.717, 1.165) is 23.3 Å². The fourth-order valence-corrected chi connectivity index (χ4v) is 6.90. The molecule has 0 spiro atoms. The predicted octanol–water partition coefficient (Wildman–Crippen LogP) is 11.2. The maximum atomic E-state index is 4.09. The van der Waals surface area contributed by atoms with Crippen LogP contribution in [0, 0.1) is 0 Å². The number of aryl methyl sites for hydroxylation is 1. The van der Waals surface area contributed by atoms with Crippen LogP contribution in [0.2, 0.25) is 0 Å². The topological polar surface area (TPSA) is 14.8 Å². The van der Waals surface area contributed by atoms with Crippen LogP contribution in [0.25, 0.3) is 72.2 Å². The molecule has 3 heteroatoms. The van der Waals surface area contributed by atoms with Gasteiger partial charge in [-0.25, -0.2) is 0 Å². The van der Waals surface area contributed by atoms with Crippen LogP contribution >= 0.6 is 0 Å². The third kappa shape index (κ3) is 4.51. The van der Waals surface area contributed by atoms with E-state index in [4.69, 9.17) is 0 Å². The summed E-state index contributed by atoms with van der Waals surface area (Å²) in [5.74, 6) is 0. The molecule has 6 aromatic rings. The second kappa shape index (κ2) is 11.5. The Hall–Kier alpha value is -5.54. The first-order valence-corrected chi connectivity index (χ1v) is 15.5. The lowest BCUT2D eigenvalue weighted by atomic mass is 9.99. The molecule has 7 rings (SSSR count). The fraction of sp³-hybridized carbons (Fsp3) is 0.0952. The summed E-state index contributed by atoms with van der Waals surface area (Å²) in [6, 6.07) is 20.5. The number of aromatic nitrogens is 3. The maximum Gasteiger partial charge on any atom is 0.0635 e. The molecule has 0 unspecified atom stereocenters. The zero-order chi connectivity index (χ0) is 31.1. The van der Waals surface area contributed by atoms with E-state index in [9.17, 15) is 0 Å². The molecule has 0 bridgehead atoms. The van der Waals surface area contributed by atoms with Crippen molar-refractivity contribution >= 4 is 61.1 Å². The molecule has 0 atom stereocenters. The molecule has 3 nitrogen and oxygen atoms in total. The van der Waals surface area contributed by atoms with Gasteiger partial charge in [0.05, 0.1) is 16.6 Å². The lowest BCUT2D eigenvalue weighted by molar-refractivity contribution is 0.945. The van der Waals surface area contributed by atoms with Gasteiger partial charge in [0.15, 0.2) is 0 Å². The van der Waals surface area contributed by atoms with E-state index in [0.29, 0.717) is 0 Å². The van der Waals surface area contributed by atoms with Crippen molar-refractivity contribution in [2.75, 3.05) is 0 Å². The fourth-order valence-electron chi connectivity index (χ4n) is 6.90. The molecule has 0 radical (unpaired) electrons. The second-order valence-electron chi connectivity index (χ2n) is 11.4. The van der Waals surface area contributed by atoms with Crippen molar-refractivity contribution in [3.8, 4) is 11.1 Å². The van der Waals surface area contributed by atoms with E-state index in [2.05, 4.69) is 156 Å². The highest BCUT2D eigenvalue weighted by molar-refractivity contribution is 6.20. The van der Waals surface area contributed by atoms with E-state index >= 15 is 0 Å². The van der Waals surface area contributed by atoms with Crippen molar-refractivity contribution in [3.05, 3.63) is 152 Å². The first-order chi connectivity index (χ1) is 22.1. The molecule has 3 aromatic carbocycles. The van der Waals surface area contributed by atoms with Crippen LogP contribution in [0.5, 0.6) is 0 Å². The van der Waals surface area contributed by atoms with Gasteiger partial charge in [-0.15, -0.1) is 0 Å². The first kappa shape index (κ1) is 28.2. The van der Waals surface area contributed by atoms with E-state index in [1.54, 1.807) is 0 Å². The lowest BCUT2D eigenvalue weighted by Crippen LogP contribution is -1.96. The smallest absolute Gasteiger partial charge is 0.0635 e. The number of hydrogen-bond donors (Lipinski definition) is 0. The predicted molar refractivity (Wildman–Crippen MR) is 197 cm³/mol. The van der Waals surface area contributed by atoms with Crippen LogP contribution in [-0.2, 0) is 13.5 Å². The van der Waals surface area contributed by atoms with Crippen LogP contribution in [0.1, 0.15) is 25.1 Å². The molecule has 0 saturated heterocycles. The summed E-state index contributed by atoms with van der Waals surface area (Å²) in [6.07, 6.45) is 28.1. The highest BCUT2D eigenvalue weighted by Crippen LogP contribution is 2.40. The van der Waals surface area contributed by atoms with E-state index in [1.807, 2.05) is 25.2 Å². The first-order valence-electron chi connectivity index (χ1n) is 15.5. The molecule has 3 heterocycles. The molecule has 0 saturated carbocycles. The van der Waals surface area contributed by atoms with E-state index in [-0.39, 0.29) is 0 Å². The normalized spacial score (nSPS) is 14.1. The van der Waals surface area contributed by atoms with Gasteiger partial charge in [0.2, 0.25) is 0 Å². The highest BCUT2D eigenvalue weighted by Gasteiger charge is 2.19. The van der Waals surface area contributed by atoms with Crippen molar-refractivity contribution in [1.29, 1.82) is 0 Å². The summed E-state index contributed by atoms with van der Waals surface area (Å²) < 4.78 is 6.90. The minimum Gasteiger partial charge on any atom is -0.344 e. The van der Waals surface area contributed by atoms with Crippen molar-refractivity contribution in [3.63, 3.8) is 0 Å². The van der Waals surface area contributed by atoms with Crippen molar-refractivity contribution in [2.45, 2.75) is 20.3 Å². The van der Waals surface area contributed by atoms with E-state index < -0.39 is 0 Å². The Kier molecular flexibility index (Phi) is 7.23. The van der Waals surface area contributed by atoms with Crippen molar-refractivity contribution < 1.29 is 0 Å². The van der Waals surface area contributed by atoms with Gasteiger partial charge in [-0.05, 0) is 104 Å². The van der Waals surface area contributed by atoms with Gasteiger partial charge in [0.25, 0.3) is 0 Å². The van der Waals surface area contributed by atoms with Gasteiger partial charge in [0.1, 0.15) is 0 Å². The molecule has 0 aliphatic heterocycles. The molecule has 45 heavy (non-hydrogen) atoms. The van der Waals surface area contributed by atoms with Crippen LogP contribution in [0.4, 0.5) is 0 Å². The zero-order valence-corrected chi connectivity index (χ0v) is 26.2. The summed E-state index contributed by atoms with van der Waals surface area (Å²) >= 11 is 0. The Bertz CT molecular complexity index is 2350. The van der Waals surface area contributed by atoms with E-state index in [1.165, 1.54) is 60.5 Å². The van der Waals surface area contributed by atoms with Crippen LogP contribution in [0.3, 0.4) is 0 Å². The SMILES string of the molecule is C=C/C=C(\C=C/C)n1c2ccc(-c3ccc4c(c3)c3c(n4C)C=CC=CC3)cc2c2ccc3c(ccn3/C(C=C)=C/C=C\C)c21. The number of nitrogens with zero attached hydrogens (tertiary/aromatic N) is 3. The minimum absolute atomic E-state index is 0.937. The standard InChI is InChI=1S/C42H37N3/c1-6-10-16-31(9-4)44-26-25-35-40(44)24-21-34-37-28-30(20-23-41(37)45(42(34)35)32(14-7-2)15-8-3)29-19-22-39-36(27-29)33-17-12-11-13-18-38(33)43(39)5/h6-16,18-28H,2,4,17H2,1,3,5H3/b10-6-,15-8-,31-16+,32-14+. The number of fused-ring (bicyclic) bond motifs is 8. The summed E-state index contributed by atoms with van der Waals surface area (Å²) in [5.41, 5.74) is 12.0. The van der Waals surface area contributed by atoms with Crippen molar-refractivity contribution in [2.24, 2.45) is 7.05 Å². The number of hydrogen-bond acceptors (Lipinski definition) is 0. The van der Waals surface area contributed by atoms with Crippen LogP contribution < -0.4 is 0 Å². The third-order valence-electron chi connectivity index (χ3n) is 8.94. The Morgan fingerprint density at radius 2 is 1.53 bits per heavy atom. The molecule has 220 valence electrons. The third-order valence-corrected chi connectivity index (χ3v) is 8.94. The minimum atomic E-state index is 0.937. The average Bonchev–Trinajstić information content (AvgIpc) is 3.63. The van der Waals surface area contributed by atoms with Gasteiger partial charge in [-0.2, -0.15) is 0 Å². The summed E-state index contributed by atoms with van der Waals surface area (Å²) in [7, 11) is 2.17. The Labute approximate surface area is 264 Å². The molecule has 1 aliphatic rings. The number of benzene rings is 3. The monoisotopic (exact) mass is 583 g/mol. The Balaban J connectivity index is 1.50. The molecule has 0 amide bonds. The van der Waals surface area contributed by atoms with Crippen LogP contribution in [0.15, 0.2) is 141 Å². The molecular weight excluding hydrogens is 546 g/mol. The quantitative estimate of drug-likeness (QED) is 0.166. The van der Waals surface area contributed by atoms with Gasteiger partial charge in [-0.3, -0.25) is 0 Å². The Morgan fingerprint density at radius 1 is 0.756 bits per heavy atom. The van der Waals surface area contributed by atoms with Crippen molar-refractivity contribution in [1.82, 2.24) is 13.7 Å². The largest absolute Gasteiger partial charge is 0.344 e. The highest BCUT2D eigenvalue weighted by atomic mass is 15.0. The zero-order valence-electron chi connectivity index (χ0n) is 26.2. The van der Waals surface area contributed by atoms with Gasteiger partial charge >= 0.3 is 0 Å². The summed E-state index contributed by atoms with van der Waals surface area (Å²) in [6.45, 7) is 12.2. The number of rotatable bonds is 7. The molecule has 0 fully saturated rings. The summed E-state index contributed by atoms with van der Waals surface area (Å²) in [5, 5.41) is 4.95. The maximum absolute atomic E-state index is 4.09. The molecular formula is C42H37N3. The Morgan fingerprint density at radius 3 is 2.29 bits per heavy atom. The molecule has 0 N–H and O–H groups in total. The van der Waals surface area contributed by atoms with Gasteiger partial charge in [-0.1, -0.05) is 73.9 Å². The lowest BCUT2D eigenvalue weighted by Gasteiger charge is -2.11.